The van der Waals surface area contributed by atoms with E-state index in [2.05, 4.69) is 81.5 Å². The van der Waals surface area contributed by atoms with Gasteiger partial charge in [-0.25, -0.2) is 13.1 Å². The lowest BCUT2D eigenvalue weighted by Crippen LogP contribution is -2.47. The van der Waals surface area contributed by atoms with Gasteiger partial charge in [0.05, 0.1) is 4.90 Å². The minimum Gasteiger partial charge on any atom is -0.381 e. The Morgan fingerprint density at radius 1 is 0.855 bits per heavy atom. The van der Waals surface area contributed by atoms with Gasteiger partial charge in [-0.05, 0) is 149 Å². The van der Waals surface area contributed by atoms with Crippen molar-refractivity contribution < 1.29 is 13.2 Å². The van der Waals surface area contributed by atoms with Crippen LogP contribution in [-0.2, 0) is 10.0 Å². The summed E-state index contributed by atoms with van der Waals surface area (Å²) in [6.07, 6.45) is 7.91. The van der Waals surface area contributed by atoms with Crippen molar-refractivity contribution in [1.29, 1.82) is 0 Å². The first-order chi connectivity index (χ1) is 26.6. The maximum absolute atomic E-state index is 13.4. The zero-order chi connectivity index (χ0) is 38.8. The quantitative estimate of drug-likeness (QED) is 0.109. The van der Waals surface area contributed by atoms with Gasteiger partial charge in [-0.2, -0.15) is 0 Å². The Bertz CT molecular complexity index is 2010. The van der Waals surface area contributed by atoms with Crippen LogP contribution in [0.1, 0.15) is 53.6 Å². The lowest BCUT2D eigenvalue weighted by molar-refractivity contribution is 0.0981. The highest BCUT2D eigenvalue weighted by Crippen LogP contribution is 2.34. The number of carbonyl (C=O) groups is 1. The first kappa shape index (κ1) is 40.9. The van der Waals surface area contributed by atoms with Crippen LogP contribution in [0, 0.1) is 6.92 Å². The van der Waals surface area contributed by atoms with Gasteiger partial charge >= 0.3 is 0 Å². The average molecular weight is 798 g/mol. The molecule has 0 radical (unpaired) electrons. The molecule has 6 rings (SSSR count). The summed E-state index contributed by atoms with van der Waals surface area (Å²) in [5, 5.41) is 3.64. The molecule has 1 amide bonds. The van der Waals surface area contributed by atoms with E-state index < -0.39 is 15.9 Å². The van der Waals surface area contributed by atoms with Crippen LogP contribution < -0.4 is 14.9 Å². The molecule has 11 heteroatoms. The van der Waals surface area contributed by atoms with Crippen molar-refractivity contribution in [2.45, 2.75) is 59.8 Å². The number of allylic oxidation sites excluding steroid dienone is 1. The fraction of sp³-hybridized carbons (Fsp3) is 0.386. The summed E-state index contributed by atoms with van der Waals surface area (Å²) < 4.78 is 29.0. The van der Waals surface area contributed by atoms with Gasteiger partial charge in [-0.3, -0.25) is 9.69 Å². The zero-order valence-electron chi connectivity index (χ0n) is 32.6. The van der Waals surface area contributed by atoms with E-state index in [1.165, 1.54) is 40.2 Å². The molecule has 1 saturated heterocycles. The summed E-state index contributed by atoms with van der Waals surface area (Å²) >= 11 is 3.58. The van der Waals surface area contributed by atoms with Crippen molar-refractivity contribution in [3.8, 4) is 0 Å². The number of benzene rings is 4. The minimum absolute atomic E-state index is 0.0616. The van der Waals surface area contributed by atoms with Crippen LogP contribution in [0.15, 0.2) is 117 Å². The van der Waals surface area contributed by atoms with Crippen molar-refractivity contribution in [2.75, 3.05) is 75.6 Å². The Kier molecular flexibility index (Phi) is 14.4. The van der Waals surface area contributed by atoms with Crippen LogP contribution >= 0.6 is 23.5 Å². The van der Waals surface area contributed by atoms with Crippen LogP contribution in [0.2, 0.25) is 0 Å². The molecule has 2 aliphatic rings. The Balaban J connectivity index is 1.02. The highest BCUT2D eigenvalue weighted by Gasteiger charge is 2.23. The smallest absolute Gasteiger partial charge is 0.264 e. The third-order valence-corrected chi connectivity index (χ3v) is 13.8. The molecule has 8 nitrogen and oxygen atoms in total. The predicted molar refractivity (Wildman–Crippen MR) is 232 cm³/mol. The van der Waals surface area contributed by atoms with Crippen LogP contribution in [0.3, 0.4) is 0 Å². The number of hydrogen-bond acceptors (Lipinski definition) is 9. The molecule has 1 aliphatic heterocycles. The number of rotatable bonds is 16. The van der Waals surface area contributed by atoms with Crippen molar-refractivity contribution in [3.63, 3.8) is 0 Å². The van der Waals surface area contributed by atoms with E-state index in [4.69, 9.17) is 0 Å². The summed E-state index contributed by atoms with van der Waals surface area (Å²) in [7, 11) is 0.0533. The molecule has 0 aromatic heterocycles. The summed E-state index contributed by atoms with van der Waals surface area (Å²) in [6, 6.07) is 31.8. The maximum atomic E-state index is 13.4. The molecular weight excluding hydrogens is 743 g/mol. The van der Waals surface area contributed by atoms with Gasteiger partial charge < -0.3 is 15.1 Å². The van der Waals surface area contributed by atoms with E-state index >= 15 is 0 Å². The van der Waals surface area contributed by atoms with E-state index in [-0.39, 0.29) is 10.9 Å². The Labute approximate surface area is 337 Å². The fourth-order valence-electron chi connectivity index (χ4n) is 7.29. The van der Waals surface area contributed by atoms with Gasteiger partial charge in [0, 0.05) is 71.2 Å². The van der Waals surface area contributed by atoms with E-state index in [0.29, 0.717) is 5.56 Å². The number of amides is 1. The van der Waals surface area contributed by atoms with Crippen LogP contribution in [0.25, 0.3) is 5.57 Å². The van der Waals surface area contributed by atoms with Gasteiger partial charge in [0.1, 0.15) is 0 Å². The largest absolute Gasteiger partial charge is 0.381 e. The Morgan fingerprint density at radius 3 is 2.24 bits per heavy atom. The molecule has 4 aromatic rings. The maximum Gasteiger partial charge on any atom is 0.264 e. The summed E-state index contributed by atoms with van der Waals surface area (Å²) in [5.74, 6) is 0.230. The normalized spacial score (nSPS) is 16.0. The van der Waals surface area contributed by atoms with Crippen molar-refractivity contribution in [3.05, 3.63) is 119 Å². The van der Waals surface area contributed by atoms with E-state index in [0.717, 1.165) is 74.8 Å². The summed E-state index contributed by atoms with van der Waals surface area (Å²) in [4.78, 5) is 22.8. The molecule has 1 aliphatic carbocycles. The fourth-order valence-corrected chi connectivity index (χ4v) is 9.75. The molecule has 1 fully saturated rings. The number of sulfonamides is 1. The second kappa shape index (κ2) is 19.4. The SMILES string of the molecule is CSc1ccc(C2=C(CN3CCN(c4ccc(C(=O)NS(=O)(=O)c5ccc(N[C@H](CCN(C)C)CSc6ccccc6)c(C)c5)cc4)CC3)CCCC2)cc1. The lowest BCUT2D eigenvalue weighted by Gasteiger charge is -2.37. The number of aryl methyl sites for hydroxylation is 1. The van der Waals surface area contributed by atoms with Gasteiger partial charge in [0.2, 0.25) is 0 Å². The Hall–Kier alpha value is -3.74. The van der Waals surface area contributed by atoms with Gasteiger partial charge in [0.25, 0.3) is 15.9 Å². The summed E-state index contributed by atoms with van der Waals surface area (Å²) in [6.45, 7) is 7.58. The zero-order valence-corrected chi connectivity index (χ0v) is 35.0. The number of piperazine rings is 1. The molecule has 55 heavy (non-hydrogen) atoms. The predicted octanol–water partition coefficient (Wildman–Crippen LogP) is 8.51. The lowest BCUT2D eigenvalue weighted by atomic mass is 9.87. The minimum atomic E-state index is -4.08. The van der Waals surface area contributed by atoms with E-state index in [1.807, 2.05) is 37.3 Å². The van der Waals surface area contributed by atoms with Gasteiger partial charge in [0.15, 0.2) is 0 Å². The molecule has 1 atom stereocenters. The topological polar surface area (TPSA) is 85.0 Å². The highest BCUT2D eigenvalue weighted by atomic mass is 32.2. The molecule has 4 aromatic carbocycles. The van der Waals surface area contributed by atoms with Crippen molar-refractivity contribution >= 4 is 56.4 Å². The molecule has 0 saturated carbocycles. The Morgan fingerprint density at radius 2 is 1.56 bits per heavy atom. The molecule has 0 spiro atoms. The first-order valence-corrected chi connectivity index (χ1v) is 23.0. The van der Waals surface area contributed by atoms with Crippen LogP contribution in [0.4, 0.5) is 11.4 Å². The second-order valence-corrected chi connectivity index (χ2v) is 18.5. The molecule has 0 bridgehead atoms. The number of anilines is 2. The molecule has 0 unspecified atom stereocenters. The van der Waals surface area contributed by atoms with Crippen molar-refractivity contribution in [2.24, 2.45) is 0 Å². The third-order valence-electron chi connectivity index (χ3n) is 10.5. The van der Waals surface area contributed by atoms with E-state index in [1.54, 1.807) is 59.4 Å². The second-order valence-electron chi connectivity index (χ2n) is 14.8. The van der Waals surface area contributed by atoms with Crippen molar-refractivity contribution in [1.82, 2.24) is 14.5 Å². The third kappa shape index (κ3) is 11.4. The molecule has 2 N–H and O–H groups in total. The average Bonchev–Trinajstić information content (AvgIpc) is 3.20. The van der Waals surface area contributed by atoms with Crippen LogP contribution in [0.5, 0.6) is 0 Å². The number of thioether (sulfide) groups is 2. The monoisotopic (exact) mass is 797 g/mol. The number of nitrogens with one attached hydrogen (secondary N) is 2. The molecule has 292 valence electrons. The number of nitrogens with zero attached hydrogens (tertiary/aromatic N) is 3. The van der Waals surface area contributed by atoms with Gasteiger partial charge in [-0.15, -0.1) is 23.5 Å². The summed E-state index contributed by atoms with van der Waals surface area (Å²) in [5.41, 5.74) is 7.52. The number of hydrogen-bond donors (Lipinski definition) is 2. The van der Waals surface area contributed by atoms with Crippen LogP contribution in [-0.4, -0.2) is 95.5 Å². The highest BCUT2D eigenvalue weighted by molar-refractivity contribution is 7.99. The molecular formula is C44H55N5O3S3. The van der Waals surface area contributed by atoms with E-state index in [9.17, 15) is 13.2 Å². The van der Waals surface area contributed by atoms with Gasteiger partial charge in [-0.1, -0.05) is 35.9 Å². The molecule has 1 heterocycles. The standard InChI is InChI=1S/C44H55N5O3S3/c1-33-30-41(22-23-43(33)45-37(24-25-47(2)3)32-54-40-11-6-5-7-12-40)55(51,52)46-44(50)35-14-18-38(19-15-35)49-28-26-48(27-29-49)31-36-10-8-9-13-42(36)34-16-20-39(53-4)21-17-34/h5-7,11-12,14-23,30,37,45H,8-10,13,24-29,31-32H2,1-4H3,(H,46,50)/t37-/m1/s1. The first-order valence-electron chi connectivity index (χ1n) is 19.3. The number of carbonyl (C=O) groups excluding carboxylic acids is 1.